The summed E-state index contributed by atoms with van der Waals surface area (Å²) < 4.78 is 15.2. The number of likely N-dealkylation sites (N-methyl/N-ethyl adjacent to an activating group) is 1. The third-order valence-corrected chi connectivity index (χ3v) is 7.35. The van der Waals surface area contributed by atoms with Gasteiger partial charge in [0, 0.05) is 37.9 Å². The Morgan fingerprint density at radius 2 is 1.45 bits per heavy atom. The molecule has 0 saturated carbocycles. The van der Waals surface area contributed by atoms with Gasteiger partial charge in [0.05, 0.1) is 23.8 Å². The zero-order chi connectivity index (χ0) is 26.5. The number of carbonyl (C=O) groups is 1. The van der Waals surface area contributed by atoms with Gasteiger partial charge in [0.1, 0.15) is 5.82 Å². The molecular formula is C32H32FN3O2. The molecule has 0 spiro atoms. The Bertz CT molecular complexity index is 1280. The Balaban J connectivity index is 1.44. The number of aliphatic hydroxyl groups is 1. The molecule has 1 aliphatic rings. The second-order valence-corrected chi connectivity index (χ2v) is 9.67. The number of benzene rings is 4. The summed E-state index contributed by atoms with van der Waals surface area (Å²) in [5, 5.41) is 16.4. The number of nitrogens with zero attached hydrogens (tertiary/aromatic N) is 1. The van der Waals surface area contributed by atoms with Crippen LogP contribution >= 0.6 is 0 Å². The van der Waals surface area contributed by atoms with E-state index in [2.05, 4.69) is 47.0 Å². The van der Waals surface area contributed by atoms with Gasteiger partial charge in [-0.25, -0.2) is 4.39 Å². The molecule has 4 aromatic rings. The summed E-state index contributed by atoms with van der Waals surface area (Å²) in [6.07, 6.45) is 0. The van der Waals surface area contributed by atoms with Gasteiger partial charge in [-0.05, 0) is 28.8 Å². The third-order valence-electron chi connectivity index (χ3n) is 7.35. The van der Waals surface area contributed by atoms with E-state index in [-0.39, 0.29) is 12.4 Å². The molecule has 5 nitrogen and oxygen atoms in total. The minimum atomic E-state index is -0.605. The second kappa shape index (κ2) is 11.2. The van der Waals surface area contributed by atoms with Gasteiger partial charge in [-0.15, -0.1) is 0 Å². The highest BCUT2D eigenvalue weighted by Crippen LogP contribution is 2.37. The normalized spacial score (nSPS) is 15.0. The fourth-order valence-electron chi connectivity index (χ4n) is 5.30. The number of anilines is 2. The van der Waals surface area contributed by atoms with E-state index in [9.17, 15) is 9.90 Å². The maximum Gasteiger partial charge on any atom is 0.172 e. The summed E-state index contributed by atoms with van der Waals surface area (Å²) in [5.74, 6) is -1.23. The van der Waals surface area contributed by atoms with Crippen molar-refractivity contribution < 1.29 is 14.3 Å². The van der Waals surface area contributed by atoms with Crippen molar-refractivity contribution in [3.63, 3.8) is 0 Å². The fraction of sp³-hybridized carbons (Fsp3) is 0.219. The molecule has 0 fully saturated rings. The Hall–Kier alpha value is -4.00. The number of hydrogen-bond donors (Lipinski definition) is 3. The number of carbonyl (C=O) groups excluding carboxylic acids is 1. The number of halogens is 1. The van der Waals surface area contributed by atoms with E-state index in [1.165, 1.54) is 6.07 Å². The maximum absolute atomic E-state index is 15.2. The molecule has 0 saturated heterocycles. The van der Waals surface area contributed by atoms with E-state index in [1.807, 2.05) is 66.5 Å². The number of fused-ring (bicyclic) bond motifs is 1. The molecule has 38 heavy (non-hydrogen) atoms. The quantitative estimate of drug-likeness (QED) is 0.275. The molecule has 4 aromatic carbocycles. The van der Waals surface area contributed by atoms with Crippen LogP contribution in [0.2, 0.25) is 0 Å². The first-order chi connectivity index (χ1) is 18.5. The van der Waals surface area contributed by atoms with E-state index in [0.29, 0.717) is 36.6 Å². The highest BCUT2D eigenvalue weighted by molar-refractivity contribution is 6.05. The maximum atomic E-state index is 15.2. The van der Waals surface area contributed by atoms with E-state index >= 15 is 4.39 Å². The summed E-state index contributed by atoms with van der Waals surface area (Å²) in [6.45, 7) is 1.17. The van der Waals surface area contributed by atoms with Crippen LogP contribution in [0.25, 0.3) is 0 Å². The van der Waals surface area contributed by atoms with Crippen molar-refractivity contribution in [2.45, 2.75) is 5.54 Å². The molecule has 3 N–H and O–H groups in total. The van der Waals surface area contributed by atoms with Crippen molar-refractivity contribution >= 4 is 17.2 Å². The van der Waals surface area contributed by atoms with E-state index < -0.39 is 17.3 Å². The van der Waals surface area contributed by atoms with Gasteiger partial charge in [-0.3, -0.25) is 10.1 Å². The highest BCUT2D eigenvalue weighted by atomic mass is 19.1. The van der Waals surface area contributed by atoms with Crippen molar-refractivity contribution in [1.29, 1.82) is 0 Å². The van der Waals surface area contributed by atoms with Crippen molar-refractivity contribution in [2.24, 2.45) is 5.92 Å². The highest BCUT2D eigenvalue weighted by Gasteiger charge is 2.36. The summed E-state index contributed by atoms with van der Waals surface area (Å²) >= 11 is 0. The Morgan fingerprint density at radius 1 is 0.921 bits per heavy atom. The number of Topliss-reactive ketones (excluding diaryl/α,β-unsaturated/α-hetero) is 1. The lowest BCUT2D eigenvalue weighted by Gasteiger charge is -2.38. The minimum Gasteiger partial charge on any atom is -0.396 e. The Morgan fingerprint density at radius 3 is 1.95 bits per heavy atom. The molecule has 6 heteroatoms. The smallest absolute Gasteiger partial charge is 0.172 e. The van der Waals surface area contributed by atoms with Gasteiger partial charge >= 0.3 is 0 Å². The predicted octanol–water partition coefficient (Wildman–Crippen LogP) is 5.06. The monoisotopic (exact) mass is 509 g/mol. The standard InChI is InChI=1S/C32H32FN3O2/c1-36(30-20-29-27(19-28(30)33)31(38)23(22-37)21-34-29)18-17-35-32(24-11-5-2-6-12-24,25-13-7-3-8-14-25)26-15-9-4-10-16-26/h2-16,19-20,23,34-35,37H,17-18,21-22H2,1H3. The fourth-order valence-corrected chi connectivity index (χ4v) is 5.30. The SMILES string of the molecule is CN(CCNC(c1ccccc1)(c1ccccc1)c1ccccc1)c1cc2c(cc1F)C(=O)C(CO)CN2. The van der Waals surface area contributed by atoms with Crippen LogP contribution in [0.15, 0.2) is 103 Å². The molecule has 1 aliphatic heterocycles. The first kappa shape index (κ1) is 25.6. The zero-order valence-corrected chi connectivity index (χ0v) is 21.4. The van der Waals surface area contributed by atoms with Crippen molar-refractivity contribution in [1.82, 2.24) is 5.32 Å². The Labute approximate surface area is 222 Å². The number of ketones is 1. The van der Waals surface area contributed by atoms with Gasteiger partial charge < -0.3 is 15.3 Å². The summed E-state index contributed by atoms with van der Waals surface area (Å²) in [5.41, 5.74) is 4.04. The molecule has 1 unspecified atom stereocenters. The minimum absolute atomic E-state index is 0.227. The van der Waals surface area contributed by atoms with Crippen molar-refractivity contribution in [3.8, 4) is 0 Å². The van der Waals surface area contributed by atoms with Crippen molar-refractivity contribution in [2.75, 3.05) is 43.5 Å². The van der Waals surface area contributed by atoms with Crippen LogP contribution in [0.4, 0.5) is 15.8 Å². The lowest BCUT2D eigenvalue weighted by Crippen LogP contribution is -2.47. The zero-order valence-electron chi connectivity index (χ0n) is 21.4. The number of aliphatic hydroxyl groups excluding tert-OH is 1. The number of nitrogens with one attached hydrogen (secondary N) is 2. The number of hydrogen-bond acceptors (Lipinski definition) is 5. The van der Waals surface area contributed by atoms with Crippen LogP contribution in [0.5, 0.6) is 0 Å². The lowest BCUT2D eigenvalue weighted by atomic mass is 9.77. The average Bonchev–Trinajstić information content (AvgIpc) is 2.97. The van der Waals surface area contributed by atoms with Crippen molar-refractivity contribution in [3.05, 3.63) is 131 Å². The molecule has 1 atom stereocenters. The summed E-state index contributed by atoms with van der Waals surface area (Å²) in [6, 6.07) is 34.0. The summed E-state index contributed by atoms with van der Waals surface area (Å²) in [7, 11) is 1.85. The molecule has 1 heterocycles. The number of rotatable bonds is 9. The molecule has 0 radical (unpaired) electrons. The Kier molecular flexibility index (Phi) is 7.54. The molecule has 0 bridgehead atoms. The first-order valence-electron chi connectivity index (χ1n) is 12.9. The third kappa shape index (κ3) is 4.80. The first-order valence-corrected chi connectivity index (χ1v) is 12.9. The molecule has 0 aliphatic carbocycles. The molecule has 0 amide bonds. The summed E-state index contributed by atoms with van der Waals surface area (Å²) in [4.78, 5) is 14.4. The van der Waals surface area contributed by atoms with E-state index in [0.717, 1.165) is 16.7 Å². The van der Waals surface area contributed by atoms with Crippen LogP contribution < -0.4 is 15.5 Å². The van der Waals surface area contributed by atoms with Gasteiger partial charge in [0.15, 0.2) is 5.78 Å². The van der Waals surface area contributed by atoms with E-state index in [4.69, 9.17) is 0 Å². The molecule has 0 aromatic heterocycles. The molecule has 194 valence electrons. The van der Waals surface area contributed by atoms with Crippen LogP contribution in [-0.4, -0.2) is 44.2 Å². The van der Waals surface area contributed by atoms with Crippen LogP contribution in [-0.2, 0) is 5.54 Å². The van der Waals surface area contributed by atoms with E-state index in [1.54, 1.807) is 6.07 Å². The topological polar surface area (TPSA) is 64.6 Å². The van der Waals surface area contributed by atoms with Gasteiger partial charge in [0.25, 0.3) is 0 Å². The average molecular weight is 510 g/mol. The lowest BCUT2D eigenvalue weighted by molar-refractivity contribution is 0.0866. The molecular weight excluding hydrogens is 477 g/mol. The predicted molar refractivity (Wildman–Crippen MR) is 150 cm³/mol. The van der Waals surface area contributed by atoms with Crippen LogP contribution in [0.3, 0.4) is 0 Å². The molecule has 5 rings (SSSR count). The van der Waals surface area contributed by atoms with Gasteiger partial charge in [-0.2, -0.15) is 0 Å². The van der Waals surface area contributed by atoms with Crippen LogP contribution in [0, 0.1) is 11.7 Å². The largest absolute Gasteiger partial charge is 0.396 e. The van der Waals surface area contributed by atoms with Gasteiger partial charge in [-0.1, -0.05) is 91.0 Å². The van der Waals surface area contributed by atoms with Gasteiger partial charge in [0.2, 0.25) is 0 Å². The van der Waals surface area contributed by atoms with Crippen LogP contribution in [0.1, 0.15) is 27.0 Å². The second-order valence-electron chi connectivity index (χ2n) is 9.67.